The summed E-state index contributed by atoms with van der Waals surface area (Å²) in [6.07, 6.45) is 3.39. The highest BCUT2D eigenvalue weighted by Crippen LogP contribution is 2.15. The van der Waals surface area contributed by atoms with Crippen LogP contribution in [0.25, 0.3) is 11.0 Å². The second-order valence-corrected chi connectivity index (χ2v) is 3.56. The molecule has 0 radical (unpaired) electrons. The van der Waals surface area contributed by atoms with Crippen molar-refractivity contribution in [3.63, 3.8) is 0 Å². The van der Waals surface area contributed by atoms with Crippen LogP contribution >= 0.6 is 24.8 Å². The zero-order valence-electron chi connectivity index (χ0n) is 9.19. The number of rotatable bonds is 3. The molecular formula is C11H17Cl2N3. The lowest BCUT2D eigenvalue weighted by atomic mass is 10.2. The van der Waals surface area contributed by atoms with Crippen molar-refractivity contribution >= 4 is 41.5 Å². The Kier molecular flexibility index (Phi) is 6.22. The fraction of sp³-hybridized carbons (Fsp3) is 0.364. The van der Waals surface area contributed by atoms with E-state index in [1.165, 1.54) is 12.8 Å². The quantitative estimate of drug-likeness (QED) is 0.833. The molecule has 0 aliphatic heterocycles. The number of nitrogen functional groups attached to an aromatic ring is 1. The molecular weight excluding hydrogens is 245 g/mol. The van der Waals surface area contributed by atoms with Crippen LogP contribution in [0.1, 0.15) is 25.6 Å². The van der Waals surface area contributed by atoms with Crippen LogP contribution in [0.5, 0.6) is 0 Å². The summed E-state index contributed by atoms with van der Waals surface area (Å²) in [4.78, 5) is 7.76. The molecule has 1 aromatic heterocycles. The lowest BCUT2D eigenvalue weighted by Gasteiger charge is -1.91. The Hall–Kier alpha value is -0.930. The summed E-state index contributed by atoms with van der Waals surface area (Å²) in [6, 6.07) is 5.77. The van der Waals surface area contributed by atoms with Crippen LogP contribution in [0.15, 0.2) is 18.2 Å². The molecule has 3 N–H and O–H groups in total. The Morgan fingerprint density at radius 3 is 2.75 bits per heavy atom. The highest BCUT2D eigenvalue weighted by molar-refractivity contribution is 5.85. The van der Waals surface area contributed by atoms with Gasteiger partial charge in [-0.15, -0.1) is 24.8 Å². The number of nitrogens with zero attached hydrogens (tertiary/aromatic N) is 1. The number of imidazole rings is 1. The van der Waals surface area contributed by atoms with Gasteiger partial charge in [0.25, 0.3) is 0 Å². The van der Waals surface area contributed by atoms with Crippen LogP contribution in [0.4, 0.5) is 5.69 Å². The number of aromatic nitrogens is 2. The number of nitrogens with two attached hydrogens (primary N) is 1. The topological polar surface area (TPSA) is 54.7 Å². The molecule has 1 heterocycles. The Bertz CT molecular complexity index is 440. The van der Waals surface area contributed by atoms with Gasteiger partial charge in [-0.25, -0.2) is 4.98 Å². The number of hydrogen-bond acceptors (Lipinski definition) is 2. The molecule has 0 saturated heterocycles. The fourth-order valence-corrected chi connectivity index (χ4v) is 1.54. The zero-order chi connectivity index (χ0) is 9.97. The maximum absolute atomic E-state index is 5.69. The largest absolute Gasteiger partial charge is 0.399 e. The number of halogens is 2. The normalized spacial score (nSPS) is 9.56. The average molecular weight is 262 g/mol. The standard InChI is InChI=1S/C11H15N3.2ClH/c1-2-3-4-11-13-9-6-5-8(12)7-10(9)14-11;;/h5-7H,2-4,12H2,1H3,(H,13,14);2*1H. The van der Waals surface area contributed by atoms with E-state index >= 15 is 0 Å². The lowest BCUT2D eigenvalue weighted by molar-refractivity contribution is 0.765. The molecule has 1 aromatic carbocycles. The van der Waals surface area contributed by atoms with Crippen molar-refractivity contribution in [1.29, 1.82) is 0 Å². The molecule has 2 aromatic rings. The summed E-state index contributed by atoms with van der Waals surface area (Å²) in [5.74, 6) is 1.06. The maximum atomic E-state index is 5.69. The number of unbranched alkanes of at least 4 members (excludes halogenated alkanes) is 1. The van der Waals surface area contributed by atoms with E-state index in [-0.39, 0.29) is 24.8 Å². The molecule has 0 fully saturated rings. The van der Waals surface area contributed by atoms with Gasteiger partial charge in [0.05, 0.1) is 11.0 Å². The maximum Gasteiger partial charge on any atom is 0.107 e. The minimum Gasteiger partial charge on any atom is -0.399 e. The molecule has 0 aliphatic carbocycles. The molecule has 0 amide bonds. The first-order chi connectivity index (χ1) is 6.79. The van der Waals surface area contributed by atoms with Crippen molar-refractivity contribution in [2.24, 2.45) is 0 Å². The molecule has 2 rings (SSSR count). The first-order valence-corrected chi connectivity index (χ1v) is 5.03. The van der Waals surface area contributed by atoms with Gasteiger partial charge >= 0.3 is 0 Å². The third kappa shape index (κ3) is 3.29. The Labute approximate surface area is 108 Å². The number of aromatic amines is 1. The average Bonchev–Trinajstić information content (AvgIpc) is 2.56. The van der Waals surface area contributed by atoms with Crippen LogP contribution < -0.4 is 5.73 Å². The van der Waals surface area contributed by atoms with E-state index in [0.717, 1.165) is 29.0 Å². The molecule has 16 heavy (non-hydrogen) atoms. The van der Waals surface area contributed by atoms with Gasteiger partial charge in [-0.3, -0.25) is 0 Å². The van der Waals surface area contributed by atoms with Gasteiger partial charge < -0.3 is 10.7 Å². The van der Waals surface area contributed by atoms with Crippen LogP contribution in [0, 0.1) is 0 Å². The highest BCUT2D eigenvalue weighted by atomic mass is 35.5. The van der Waals surface area contributed by atoms with Crippen molar-refractivity contribution < 1.29 is 0 Å². The number of aryl methyl sites for hydroxylation is 1. The van der Waals surface area contributed by atoms with Crippen LogP contribution in [-0.2, 0) is 6.42 Å². The fourth-order valence-electron chi connectivity index (χ4n) is 1.54. The van der Waals surface area contributed by atoms with Gasteiger partial charge in [0.1, 0.15) is 5.82 Å². The third-order valence-corrected chi connectivity index (χ3v) is 2.32. The van der Waals surface area contributed by atoms with E-state index in [1.54, 1.807) is 0 Å². The number of hydrogen-bond donors (Lipinski definition) is 2. The van der Waals surface area contributed by atoms with Crippen molar-refractivity contribution in [2.75, 3.05) is 5.73 Å². The lowest BCUT2D eigenvalue weighted by Crippen LogP contribution is -1.86. The van der Waals surface area contributed by atoms with Gasteiger partial charge in [0.15, 0.2) is 0 Å². The van der Waals surface area contributed by atoms with Crippen molar-refractivity contribution in [2.45, 2.75) is 26.2 Å². The molecule has 0 atom stereocenters. The summed E-state index contributed by atoms with van der Waals surface area (Å²) in [6.45, 7) is 2.18. The minimum atomic E-state index is 0. The summed E-state index contributed by atoms with van der Waals surface area (Å²) in [5, 5.41) is 0. The van der Waals surface area contributed by atoms with E-state index in [2.05, 4.69) is 16.9 Å². The van der Waals surface area contributed by atoms with E-state index in [9.17, 15) is 0 Å². The summed E-state index contributed by atoms with van der Waals surface area (Å²) in [7, 11) is 0. The monoisotopic (exact) mass is 261 g/mol. The second kappa shape index (κ2) is 6.61. The van der Waals surface area contributed by atoms with Gasteiger partial charge in [-0.05, 0) is 24.6 Å². The molecule has 0 unspecified atom stereocenters. The summed E-state index contributed by atoms with van der Waals surface area (Å²) >= 11 is 0. The molecule has 3 nitrogen and oxygen atoms in total. The Morgan fingerprint density at radius 2 is 2.06 bits per heavy atom. The van der Waals surface area contributed by atoms with Crippen molar-refractivity contribution in [3.8, 4) is 0 Å². The first-order valence-electron chi connectivity index (χ1n) is 5.03. The Balaban J connectivity index is 0.00000112. The van der Waals surface area contributed by atoms with Crippen LogP contribution in [-0.4, -0.2) is 9.97 Å². The summed E-state index contributed by atoms with van der Waals surface area (Å²) in [5.41, 5.74) is 8.51. The second-order valence-electron chi connectivity index (χ2n) is 3.56. The third-order valence-electron chi connectivity index (χ3n) is 2.32. The van der Waals surface area contributed by atoms with Gasteiger partial charge in [0.2, 0.25) is 0 Å². The number of H-pyrrole nitrogens is 1. The predicted octanol–water partition coefficient (Wildman–Crippen LogP) is 3.33. The Morgan fingerprint density at radius 1 is 1.31 bits per heavy atom. The highest BCUT2D eigenvalue weighted by Gasteiger charge is 2.01. The smallest absolute Gasteiger partial charge is 0.107 e. The molecule has 0 spiro atoms. The van der Waals surface area contributed by atoms with E-state index in [1.807, 2.05) is 18.2 Å². The van der Waals surface area contributed by atoms with E-state index in [4.69, 9.17) is 5.73 Å². The SMILES string of the molecule is CCCCc1nc2ccc(N)cc2[nH]1.Cl.Cl. The van der Waals surface area contributed by atoms with Gasteiger partial charge in [-0.2, -0.15) is 0 Å². The molecule has 90 valence electrons. The van der Waals surface area contributed by atoms with Crippen LogP contribution in [0.3, 0.4) is 0 Å². The molecule has 0 aliphatic rings. The molecule has 5 heteroatoms. The van der Waals surface area contributed by atoms with Crippen molar-refractivity contribution in [1.82, 2.24) is 9.97 Å². The van der Waals surface area contributed by atoms with Gasteiger partial charge in [-0.1, -0.05) is 13.3 Å². The first kappa shape index (κ1) is 15.1. The number of anilines is 1. The van der Waals surface area contributed by atoms with Crippen molar-refractivity contribution in [3.05, 3.63) is 24.0 Å². The number of benzene rings is 1. The number of fused-ring (bicyclic) bond motifs is 1. The van der Waals surface area contributed by atoms with E-state index in [0.29, 0.717) is 0 Å². The van der Waals surface area contributed by atoms with Crippen LogP contribution in [0.2, 0.25) is 0 Å². The minimum absolute atomic E-state index is 0. The zero-order valence-corrected chi connectivity index (χ0v) is 10.8. The van der Waals surface area contributed by atoms with Gasteiger partial charge in [0, 0.05) is 12.1 Å². The predicted molar refractivity (Wildman–Crippen MR) is 73.6 cm³/mol. The molecule has 0 bridgehead atoms. The summed E-state index contributed by atoms with van der Waals surface area (Å²) < 4.78 is 0. The molecule has 0 saturated carbocycles. The number of nitrogens with one attached hydrogen (secondary N) is 1. The van der Waals surface area contributed by atoms with E-state index < -0.39 is 0 Å².